The molecule has 1 aliphatic heterocycles. The molecule has 1 fully saturated rings. The zero-order valence-electron chi connectivity index (χ0n) is 6.69. The van der Waals surface area contributed by atoms with E-state index in [1.165, 1.54) is 5.56 Å². The van der Waals surface area contributed by atoms with Gasteiger partial charge in [0.15, 0.2) is 0 Å². The van der Waals surface area contributed by atoms with Gasteiger partial charge in [-0.05, 0) is 5.56 Å². The van der Waals surface area contributed by atoms with Crippen LogP contribution in [0.5, 0.6) is 0 Å². The molecule has 1 nitrogen and oxygen atoms in total. The van der Waals surface area contributed by atoms with Gasteiger partial charge in [-0.3, -0.25) is 0 Å². The minimum absolute atomic E-state index is 0. The van der Waals surface area contributed by atoms with E-state index in [-0.39, 0.29) is 24.8 Å². The Bertz CT molecular complexity index is 209. The summed E-state index contributed by atoms with van der Waals surface area (Å²) < 4.78 is 0. The van der Waals surface area contributed by atoms with E-state index >= 15 is 0 Å². The Kier molecular flexibility index (Phi) is 5.31. The second kappa shape index (κ2) is 5.41. The smallest absolute Gasteiger partial charge is 0.00885 e. The number of hydrogen-bond acceptors (Lipinski definition) is 1. The first-order valence-corrected chi connectivity index (χ1v) is 3.72. The minimum atomic E-state index is 0. The van der Waals surface area contributed by atoms with Gasteiger partial charge in [0.1, 0.15) is 0 Å². The molecule has 0 atom stereocenters. The highest BCUT2D eigenvalue weighted by Crippen LogP contribution is 2.18. The molecule has 0 aromatic heterocycles. The van der Waals surface area contributed by atoms with Gasteiger partial charge < -0.3 is 5.32 Å². The first-order chi connectivity index (χ1) is 4.97. The van der Waals surface area contributed by atoms with Crippen molar-refractivity contribution < 1.29 is 0 Å². The van der Waals surface area contributed by atoms with Crippen LogP contribution in [0.3, 0.4) is 0 Å². The van der Waals surface area contributed by atoms with Gasteiger partial charge in [0.05, 0.1) is 0 Å². The Balaban J connectivity index is 0.000000605. The van der Waals surface area contributed by atoms with Gasteiger partial charge in [0.25, 0.3) is 0 Å². The van der Waals surface area contributed by atoms with Gasteiger partial charge in [-0.15, -0.1) is 24.8 Å². The molecule has 0 aliphatic carbocycles. The average molecular weight is 206 g/mol. The average Bonchev–Trinajstić information content (AvgIpc) is 1.86. The summed E-state index contributed by atoms with van der Waals surface area (Å²) in [6.07, 6.45) is 0. The number of halogens is 2. The molecule has 0 unspecified atom stereocenters. The molecule has 0 saturated carbocycles. The number of rotatable bonds is 1. The van der Waals surface area contributed by atoms with Crippen molar-refractivity contribution in [1.29, 1.82) is 0 Å². The van der Waals surface area contributed by atoms with Gasteiger partial charge in [-0.2, -0.15) is 0 Å². The Labute approximate surface area is 85.4 Å². The van der Waals surface area contributed by atoms with E-state index in [4.69, 9.17) is 0 Å². The molecule has 1 heterocycles. The lowest BCUT2D eigenvalue weighted by Gasteiger charge is -2.27. The molecule has 0 amide bonds. The predicted octanol–water partition coefficient (Wildman–Crippen LogP) is 2.22. The fraction of sp³-hybridized carbons (Fsp3) is 0.333. The Morgan fingerprint density at radius 2 is 1.58 bits per heavy atom. The predicted molar refractivity (Wildman–Crippen MR) is 56.5 cm³/mol. The molecule has 1 aliphatic rings. The summed E-state index contributed by atoms with van der Waals surface area (Å²) in [5.74, 6) is 0.779. The maximum atomic E-state index is 3.26. The molecule has 68 valence electrons. The van der Waals surface area contributed by atoms with E-state index in [0.29, 0.717) is 0 Å². The largest absolute Gasteiger partial charge is 0.315 e. The van der Waals surface area contributed by atoms with Crippen LogP contribution in [0.25, 0.3) is 0 Å². The fourth-order valence-corrected chi connectivity index (χ4v) is 1.25. The lowest BCUT2D eigenvalue weighted by Crippen LogP contribution is -2.39. The van der Waals surface area contributed by atoms with Crippen molar-refractivity contribution in [2.45, 2.75) is 5.92 Å². The molecule has 0 spiro atoms. The molecule has 2 rings (SSSR count). The molecule has 1 aromatic carbocycles. The summed E-state index contributed by atoms with van der Waals surface area (Å²) >= 11 is 0. The highest BCUT2D eigenvalue weighted by Gasteiger charge is 2.17. The standard InChI is InChI=1S/C9H11N.2ClH/c1-2-4-8(5-3-1)9-6-10-7-9;;/h1-5,9-10H,6-7H2;2*1H. The van der Waals surface area contributed by atoms with Crippen LogP contribution in [-0.2, 0) is 0 Å². The van der Waals surface area contributed by atoms with Crippen LogP contribution in [0.15, 0.2) is 30.3 Å². The number of nitrogens with one attached hydrogen (secondary N) is 1. The Morgan fingerprint density at radius 1 is 1.00 bits per heavy atom. The van der Waals surface area contributed by atoms with Crippen LogP contribution in [0.1, 0.15) is 11.5 Å². The Morgan fingerprint density at radius 3 is 2.00 bits per heavy atom. The zero-order valence-corrected chi connectivity index (χ0v) is 8.33. The topological polar surface area (TPSA) is 12.0 Å². The summed E-state index contributed by atoms with van der Waals surface area (Å²) in [5.41, 5.74) is 1.47. The van der Waals surface area contributed by atoms with E-state index in [9.17, 15) is 0 Å². The quantitative estimate of drug-likeness (QED) is 0.742. The molecule has 0 bridgehead atoms. The van der Waals surface area contributed by atoms with Crippen molar-refractivity contribution in [3.05, 3.63) is 35.9 Å². The van der Waals surface area contributed by atoms with Crippen molar-refractivity contribution in [3.8, 4) is 0 Å². The maximum absolute atomic E-state index is 3.26. The molecule has 1 aromatic rings. The summed E-state index contributed by atoms with van der Waals surface area (Å²) in [5, 5.41) is 3.26. The van der Waals surface area contributed by atoms with E-state index in [1.54, 1.807) is 0 Å². The van der Waals surface area contributed by atoms with Gasteiger partial charge in [0.2, 0.25) is 0 Å². The lowest BCUT2D eigenvalue weighted by molar-refractivity contribution is 0.448. The summed E-state index contributed by atoms with van der Waals surface area (Å²) in [4.78, 5) is 0. The highest BCUT2D eigenvalue weighted by atomic mass is 35.5. The van der Waals surface area contributed by atoms with Crippen LogP contribution in [0.2, 0.25) is 0 Å². The van der Waals surface area contributed by atoms with Crippen molar-refractivity contribution >= 4 is 24.8 Å². The van der Waals surface area contributed by atoms with Crippen molar-refractivity contribution in [3.63, 3.8) is 0 Å². The molecule has 1 N–H and O–H groups in total. The molecule has 1 saturated heterocycles. The second-order valence-electron chi connectivity index (χ2n) is 2.77. The molecule has 12 heavy (non-hydrogen) atoms. The van der Waals surface area contributed by atoms with E-state index in [1.807, 2.05) is 0 Å². The third-order valence-electron chi connectivity index (χ3n) is 2.05. The molecule has 3 heteroatoms. The normalized spacial score (nSPS) is 15.3. The van der Waals surface area contributed by atoms with Crippen LogP contribution >= 0.6 is 24.8 Å². The molecule has 0 radical (unpaired) electrons. The third kappa shape index (κ3) is 2.37. The van der Waals surface area contributed by atoms with E-state index in [0.717, 1.165) is 19.0 Å². The molecular weight excluding hydrogens is 193 g/mol. The summed E-state index contributed by atoms with van der Waals surface area (Å²) in [6.45, 7) is 2.31. The van der Waals surface area contributed by atoms with E-state index in [2.05, 4.69) is 35.6 Å². The first kappa shape index (κ1) is 11.8. The van der Waals surface area contributed by atoms with Crippen LogP contribution < -0.4 is 5.32 Å². The number of hydrogen-bond donors (Lipinski definition) is 1. The maximum Gasteiger partial charge on any atom is 0.00885 e. The van der Waals surface area contributed by atoms with Gasteiger partial charge >= 0.3 is 0 Å². The fourth-order valence-electron chi connectivity index (χ4n) is 1.25. The van der Waals surface area contributed by atoms with E-state index < -0.39 is 0 Å². The van der Waals surface area contributed by atoms with Crippen LogP contribution in [0, 0.1) is 0 Å². The van der Waals surface area contributed by atoms with Crippen LogP contribution in [0.4, 0.5) is 0 Å². The van der Waals surface area contributed by atoms with Crippen molar-refractivity contribution in [2.24, 2.45) is 0 Å². The SMILES string of the molecule is Cl.Cl.c1ccc(C2CNC2)cc1. The first-order valence-electron chi connectivity index (χ1n) is 3.72. The van der Waals surface area contributed by atoms with Crippen molar-refractivity contribution in [2.75, 3.05) is 13.1 Å². The molecular formula is C9H13Cl2N. The number of benzene rings is 1. The minimum Gasteiger partial charge on any atom is -0.315 e. The van der Waals surface area contributed by atoms with Crippen LogP contribution in [-0.4, -0.2) is 13.1 Å². The Hall–Kier alpha value is -0.240. The summed E-state index contributed by atoms with van der Waals surface area (Å²) in [6, 6.07) is 10.7. The van der Waals surface area contributed by atoms with Gasteiger partial charge in [-0.1, -0.05) is 30.3 Å². The highest BCUT2D eigenvalue weighted by molar-refractivity contribution is 5.85. The second-order valence-corrected chi connectivity index (χ2v) is 2.77. The van der Waals surface area contributed by atoms with Gasteiger partial charge in [-0.25, -0.2) is 0 Å². The lowest BCUT2D eigenvalue weighted by atomic mass is 9.94. The van der Waals surface area contributed by atoms with Gasteiger partial charge in [0, 0.05) is 19.0 Å². The monoisotopic (exact) mass is 205 g/mol. The zero-order chi connectivity index (χ0) is 6.81. The van der Waals surface area contributed by atoms with Crippen molar-refractivity contribution in [1.82, 2.24) is 5.32 Å². The third-order valence-corrected chi connectivity index (χ3v) is 2.05. The summed E-state index contributed by atoms with van der Waals surface area (Å²) in [7, 11) is 0.